The summed E-state index contributed by atoms with van der Waals surface area (Å²) in [6, 6.07) is 12.4. The summed E-state index contributed by atoms with van der Waals surface area (Å²) in [7, 11) is 0. The first kappa shape index (κ1) is 16.0. The van der Waals surface area contributed by atoms with Gasteiger partial charge in [-0.25, -0.2) is 0 Å². The Morgan fingerprint density at radius 1 is 1.24 bits per heavy atom. The molecule has 3 N–H and O–H groups in total. The number of benzene rings is 2. The van der Waals surface area contributed by atoms with Gasteiger partial charge < -0.3 is 11.1 Å². The Kier molecular flexibility index (Phi) is 5.39. The smallest absolute Gasteiger partial charge is 0.237 e. The van der Waals surface area contributed by atoms with Crippen LogP contribution >= 0.6 is 35.0 Å². The summed E-state index contributed by atoms with van der Waals surface area (Å²) in [5.74, 6) is -0.144. The van der Waals surface area contributed by atoms with E-state index >= 15 is 0 Å². The number of thioether (sulfide) groups is 1. The summed E-state index contributed by atoms with van der Waals surface area (Å²) in [4.78, 5) is 13.1. The Labute approximate surface area is 137 Å². The van der Waals surface area contributed by atoms with Crippen molar-refractivity contribution in [1.29, 1.82) is 0 Å². The summed E-state index contributed by atoms with van der Waals surface area (Å²) in [6.07, 6.45) is 0. The molecule has 110 valence electrons. The van der Waals surface area contributed by atoms with Crippen molar-refractivity contribution < 1.29 is 4.79 Å². The number of carbonyl (C=O) groups is 1. The maximum Gasteiger partial charge on any atom is 0.237 e. The minimum Gasteiger partial charge on any atom is -0.397 e. The highest BCUT2D eigenvalue weighted by Crippen LogP contribution is 2.31. The van der Waals surface area contributed by atoms with Crippen molar-refractivity contribution in [2.24, 2.45) is 0 Å². The highest BCUT2D eigenvalue weighted by atomic mass is 35.5. The summed E-state index contributed by atoms with van der Waals surface area (Å²) in [5, 5.41) is 3.65. The first-order valence-corrected chi connectivity index (χ1v) is 7.88. The van der Waals surface area contributed by atoms with Gasteiger partial charge in [-0.3, -0.25) is 4.79 Å². The normalized spacial score (nSPS) is 12.0. The Morgan fingerprint density at radius 3 is 2.62 bits per heavy atom. The summed E-state index contributed by atoms with van der Waals surface area (Å²) >= 11 is 13.3. The van der Waals surface area contributed by atoms with E-state index in [1.54, 1.807) is 24.3 Å². The van der Waals surface area contributed by atoms with Crippen molar-refractivity contribution in [3.05, 3.63) is 52.5 Å². The lowest BCUT2D eigenvalue weighted by molar-refractivity contribution is -0.115. The highest BCUT2D eigenvalue weighted by molar-refractivity contribution is 8.00. The van der Waals surface area contributed by atoms with Gasteiger partial charge >= 0.3 is 0 Å². The minimum absolute atomic E-state index is 0.144. The van der Waals surface area contributed by atoms with E-state index in [9.17, 15) is 4.79 Å². The average molecular weight is 341 g/mol. The second-order valence-corrected chi connectivity index (χ2v) is 6.64. The summed E-state index contributed by atoms with van der Waals surface area (Å²) in [5.41, 5.74) is 6.81. The van der Waals surface area contributed by atoms with E-state index in [1.165, 1.54) is 11.8 Å². The van der Waals surface area contributed by atoms with Gasteiger partial charge in [0.15, 0.2) is 0 Å². The van der Waals surface area contributed by atoms with E-state index in [1.807, 2.05) is 25.1 Å². The molecule has 2 aromatic rings. The van der Waals surface area contributed by atoms with E-state index in [4.69, 9.17) is 28.9 Å². The first-order chi connectivity index (χ1) is 9.97. The van der Waals surface area contributed by atoms with E-state index in [-0.39, 0.29) is 11.2 Å². The molecule has 1 unspecified atom stereocenters. The maximum atomic E-state index is 12.2. The number of nitrogens with one attached hydrogen (secondary N) is 1. The van der Waals surface area contributed by atoms with Gasteiger partial charge in [-0.15, -0.1) is 11.8 Å². The van der Waals surface area contributed by atoms with E-state index in [2.05, 4.69) is 5.32 Å². The third kappa shape index (κ3) is 4.30. The van der Waals surface area contributed by atoms with Crippen LogP contribution in [0.25, 0.3) is 0 Å². The van der Waals surface area contributed by atoms with Gasteiger partial charge in [-0.05, 0) is 37.3 Å². The number of hydrogen-bond acceptors (Lipinski definition) is 3. The zero-order chi connectivity index (χ0) is 15.4. The third-order valence-electron chi connectivity index (χ3n) is 2.78. The quantitative estimate of drug-likeness (QED) is 0.626. The molecule has 1 atom stereocenters. The molecule has 0 aliphatic heterocycles. The van der Waals surface area contributed by atoms with Gasteiger partial charge in [-0.1, -0.05) is 35.3 Å². The number of hydrogen-bond donors (Lipinski definition) is 2. The van der Waals surface area contributed by atoms with Gasteiger partial charge in [0.25, 0.3) is 0 Å². The predicted octanol–water partition coefficient (Wildman–Crippen LogP) is 4.69. The maximum absolute atomic E-state index is 12.2. The van der Waals surface area contributed by atoms with Crippen molar-refractivity contribution >= 4 is 52.2 Å². The molecule has 0 aliphatic carbocycles. The zero-order valence-corrected chi connectivity index (χ0v) is 13.6. The summed E-state index contributed by atoms with van der Waals surface area (Å²) < 4.78 is 0. The molecule has 0 fully saturated rings. The van der Waals surface area contributed by atoms with E-state index < -0.39 is 0 Å². The third-order valence-corrected chi connectivity index (χ3v) is 4.64. The lowest BCUT2D eigenvalue weighted by Crippen LogP contribution is -2.22. The Morgan fingerprint density at radius 2 is 1.95 bits per heavy atom. The van der Waals surface area contributed by atoms with E-state index in [0.29, 0.717) is 21.4 Å². The van der Waals surface area contributed by atoms with Crippen LogP contribution in [0.1, 0.15) is 6.92 Å². The fraction of sp³-hybridized carbons (Fsp3) is 0.133. The lowest BCUT2D eigenvalue weighted by atomic mass is 10.2. The molecule has 0 radical (unpaired) electrons. The van der Waals surface area contributed by atoms with Crippen molar-refractivity contribution in [2.75, 3.05) is 11.1 Å². The van der Waals surface area contributed by atoms with Gasteiger partial charge in [0.1, 0.15) is 0 Å². The first-order valence-electron chi connectivity index (χ1n) is 6.24. The summed E-state index contributed by atoms with van der Waals surface area (Å²) in [6.45, 7) is 1.81. The van der Waals surface area contributed by atoms with Crippen LogP contribution in [0.15, 0.2) is 47.4 Å². The SMILES string of the molecule is CC(Sc1ccccc1Cl)C(=O)Nc1ccc(Cl)cc1N. The highest BCUT2D eigenvalue weighted by Gasteiger charge is 2.16. The molecule has 1 amide bonds. The molecular formula is C15H14Cl2N2OS. The molecule has 0 aliphatic rings. The molecule has 0 saturated heterocycles. The Bertz CT molecular complexity index is 664. The standard InChI is InChI=1S/C15H14Cl2N2OS/c1-9(21-14-5-3-2-4-11(14)17)15(20)19-13-7-6-10(16)8-12(13)18/h2-9H,18H2,1H3,(H,19,20). The second kappa shape index (κ2) is 7.07. The minimum atomic E-state index is -0.306. The second-order valence-electron chi connectivity index (χ2n) is 4.41. The van der Waals surface area contributed by atoms with Gasteiger partial charge in [0.2, 0.25) is 5.91 Å². The monoisotopic (exact) mass is 340 g/mol. The van der Waals surface area contributed by atoms with Crippen molar-refractivity contribution in [3.8, 4) is 0 Å². The van der Waals surface area contributed by atoms with Crippen LogP contribution in [0.3, 0.4) is 0 Å². The zero-order valence-electron chi connectivity index (χ0n) is 11.3. The molecular weight excluding hydrogens is 327 g/mol. The number of anilines is 2. The number of amides is 1. The van der Waals surface area contributed by atoms with Crippen molar-refractivity contribution in [2.45, 2.75) is 17.1 Å². The van der Waals surface area contributed by atoms with Crippen LogP contribution in [0.5, 0.6) is 0 Å². The molecule has 0 aromatic heterocycles. The van der Waals surface area contributed by atoms with Crippen LogP contribution in [0.2, 0.25) is 10.0 Å². The topological polar surface area (TPSA) is 55.1 Å². The number of rotatable bonds is 4. The number of nitrogens with two attached hydrogens (primary N) is 1. The molecule has 0 spiro atoms. The lowest BCUT2D eigenvalue weighted by Gasteiger charge is -2.14. The van der Waals surface area contributed by atoms with Crippen LogP contribution < -0.4 is 11.1 Å². The number of carbonyl (C=O) groups excluding carboxylic acids is 1. The average Bonchev–Trinajstić information content (AvgIpc) is 2.44. The molecule has 6 heteroatoms. The Balaban J connectivity index is 2.04. The predicted molar refractivity (Wildman–Crippen MR) is 91.3 cm³/mol. The van der Waals surface area contributed by atoms with Crippen LogP contribution in [0.4, 0.5) is 11.4 Å². The molecule has 0 saturated carbocycles. The van der Waals surface area contributed by atoms with Crippen molar-refractivity contribution in [1.82, 2.24) is 0 Å². The fourth-order valence-electron chi connectivity index (χ4n) is 1.67. The van der Waals surface area contributed by atoms with Crippen LogP contribution in [-0.4, -0.2) is 11.2 Å². The van der Waals surface area contributed by atoms with Crippen molar-refractivity contribution in [3.63, 3.8) is 0 Å². The van der Waals surface area contributed by atoms with Gasteiger partial charge in [0.05, 0.1) is 21.6 Å². The molecule has 2 aromatic carbocycles. The van der Waals surface area contributed by atoms with E-state index in [0.717, 1.165) is 4.90 Å². The molecule has 3 nitrogen and oxygen atoms in total. The fourth-order valence-corrected chi connectivity index (χ4v) is 3.00. The molecule has 21 heavy (non-hydrogen) atoms. The molecule has 0 heterocycles. The molecule has 2 rings (SSSR count). The van der Waals surface area contributed by atoms with Crippen LogP contribution in [0, 0.1) is 0 Å². The largest absolute Gasteiger partial charge is 0.397 e. The van der Waals surface area contributed by atoms with Crippen LogP contribution in [-0.2, 0) is 4.79 Å². The number of halogens is 2. The Hall–Kier alpha value is -1.36. The number of nitrogen functional groups attached to an aromatic ring is 1. The molecule has 0 bridgehead atoms. The van der Waals surface area contributed by atoms with Gasteiger partial charge in [-0.2, -0.15) is 0 Å². The van der Waals surface area contributed by atoms with Gasteiger partial charge in [0, 0.05) is 9.92 Å².